The lowest BCUT2D eigenvalue weighted by atomic mass is 10.0. The fourth-order valence-electron chi connectivity index (χ4n) is 4.93. The molecule has 0 radical (unpaired) electrons. The SMILES string of the molecule is Cc1cc(C(F)F)n(CC(=O)N2C[C@H](F)C[C@H]2C(=O)N[C@@H](c2ccccc2)c2ccc(C3CC3)c(F)n2)n1. The largest absolute Gasteiger partial charge is 0.342 e. The molecule has 2 aliphatic rings. The predicted molar refractivity (Wildman–Crippen MR) is 130 cm³/mol. The molecule has 1 saturated carbocycles. The van der Waals surface area contributed by atoms with E-state index in [-0.39, 0.29) is 24.6 Å². The lowest BCUT2D eigenvalue weighted by Crippen LogP contribution is -2.48. The highest BCUT2D eigenvalue weighted by molar-refractivity contribution is 5.88. The molecule has 3 heterocycles. The number of benzene rings is 1. The number of pyridine rings is 1. The number of carbonyl (C=O) groups excluding carboxylic acids is 2. The summed E-state index contributed by atoms with van der Waals surface area (Å²) in [4.78, 5) is 31.7. The summed E-state index contributed by atoms with van der Waals surface area (Å²) in [7, 11) is 0. The van der Waals surface area contributed by atoms with Gasteiger partial charge in [-0.15, -0.1) is 0 Å². The Labute approximate surface area is 216 Å². The first kappa shape index (κ1) is 25.9. The van der Waals surface area contributed by atoms with Crippen molar-refractivity contribution in [1.82, 2.24) is 25.0 Å². The van der Waals surface area contributed by atoms with E-state index in [4.69, 9.17) is 0 Å². The average Bonchev–Trinajstić information content (AvgIpc) is 3.55. The zero-order valence-electron chi connectivity index (χ0n) is 20.7. The van der Waals surface area contributed by atoms with E-state index in [1.165, 1.54) is 13.0 Å². The van der Waals surface area contributed by atoms with Crippen LogP contribution in [0.2, 0.25) is 0 Å². The number of nitrogens with one attached hydrogen (secondary N) is 1. The number of hydrogen-bond acceptors (Lipinski definition) is 4. The topological polar surface area (TPSA) is 80.1 Å². The maximum Gasteiger partial charge on any atom is 0.280 e. The van der Waals surface area contributed by atoms with Gasteiger partial charge < -0.3 is 10.2 Å². The van der Waals surface area contributed by atoms with Crippen molar-refractivity contribution in [3.63, 3.8) is 0 Å². The Morgan fingerprint density at radius 3 is 2.53 bits per heavy atom. The molecule has 0 unspecified atom stereocenters. The van der Waals surface area contributed by atoms with Crippen LogP contribution in [0.3, 0.4) is 0 Å². The van der Waals surface area contributed by atoms with Crippen LogP contribution in [0.4, 0.5) is 17.6 Å². The molecule has 1 aliphatic heterocycles. The summed E-state index contributed by atoms with van der Waals surface area (Å²) < 4.78 is 56.9. The number of alkyl halides is 3. The third-order valence-corrected chi connectivity index (χ3v) is 6.95. The van der Waals surface area contributed by atoms with Crippen molar-refractivity contribution in [1.29, 1.82) is 0 Å². The van der Waals surface area contributed by atoms with Crippen molar-refractivity contribution < 1.29 is 27.2 Å². The Hall–Kier alpha value is -3.76. The van der Waals surface area contributed by atoms with Crippen LogP contribution < -0.4 is 5.32 Å². The van der Waals surface area contributed by atoms with Gasteiger partial charge in [0.2, 0.25) is 17.8 Å². The van der Waals surface area contributed by atoms with Gasteiger partial charge in [0.15, 0.2) is 0 Å². The summed E-state index contributed by atoms with van der Waals surface area (Å²) in [5.74, 6) is -1.79. The minimum atomic E-state index is -2.85. The highest BCUT2D eigenvalue weighted by Gasteiger charge is 2.41. The van der Waals surface area contributed by atoms with E-state index in [0.717, 1.165) is 22.4 Å². The smallest absolute Gasteiger partial charge is 0.280 e. The first-order valence-corrected chi connectivity index (χ1v) is 12.5. The minimum absolute atomic E-state index is 0.157. The quantitative estimate of drug-likeness (QED) is 0.347. The zero-order valence-corrected chi connectivity index (χ0v) is 20.7. The first-order chi connectivity index (χ1) is 18.2. The van der Waals surface area contributed by atoms with Gasteiger partial charge in [-0.3, -0.25) is 14.3 Å². The molecule has 200 valence electrons. The van der Waals surface area contributed by atoms with Crippen molar-refractivity contribution in [3.05, 3.63) is 82.7 Å². The molecule has 3 aromatic rings. The third kappa shape index (κ3) is 5.41. The molecule has 0 spiro atoms. The van der Waals surface area contributed by atoms with E-state index in [2.05, 4.69) is 15.4 Å². The standard InChI is InChI=1S/C27H27F4N5O2/c1-15-11-21(25(29)30)36(34-15)14-23(37)35-13-18(28)12-22(35)27(38)33-24(17-5-3-2-4-6-17)20-10-9-19(16-7-8-16)26(31)32-20/h2-6,9-11,16,18,22,24-25H,7-8,12-14H2,1H3,(H,33,38)/t18-,22+,24+/m1/s1. The van der Waals surface area contributed by atoms with Gasteiger partial charge in [-0.25, -0.2) is 18.2 Å². The number of aryl methyl sites for hydroxylation is 1. The Kier molecular flexibility index (Phi) is 7.18. The van der Waals surface area contributed by atoms with E-state index in [0.29, 0.717) is 16.8 Å². The summed E-state index contributed by atoms with van der Waals surface area (Å²) in [6.45, 7) is 0.621. The molecule has 2 fully saturated rings. The van der Waals surface area contributed by atoms with Crippen LogP contribution in [-0.2, 0) is 16.1 Å². The van der Waals surface area contributed by atoms with E-state index in [1.807, 2.05) is 0 Å². The Morgan fingerprint density at radius 2 is 1.87 bits per heavy atom. The first-order valence-electron chi connectivity index (χ1n) is 12.5. The second kappa shape index (κ2) is 10.5. The highest BCUT2D eigenvalue weighted by atomic mass is 19.3. The summed E-state index contributed by atoms with van der Waals surface area (Å²) >= 11 is 0. The van der Waals surface area contributed by atoms with Gasteiger partial charge in [0, 0.05) is 12.0 Å². The molecule has 2 amide bonds. The van der Waals surface area contributed by atoms with Crippen LogP contribution >= 0.6 is 0 Å². The van der Waals surface area contributed by atoms with Crippen molar-refractivity contribution in [2.45, 2.75) is 63.3 Å². The highest BCUT2D eigenvalue weighted by Crippen LogP contribution is 2.41. The maximum atomic E-state index is 14.8. The molecule has 38 heavy (non-hydrogen) atoms. The van der Waals surface area contributed by atoms with Crippen LogP contribution in [0, 0.1) is 12.9 Å². The van der Waals surface area contributed by atoms with E-state index < -0.39 is 54.7 Å². The summed E-state index contributed by atoms with van der Waals surface area (Å²) in [5.41, 5.74) is 1.32. The molecule has 3 atom stereocenters. The number of amides is 2. The van der Waals surface area contributed by atoms with Gasteiger partial charge in [0.05, 0.1) is 24.0 Å². The molecule has 1 aliphatic carbocycles. The molecule has 5 rings (SSSR count). The van der Waals surface area contributed by atoms with Gasteiger partial charge in [0.25, 0.3) is 6.43 Å². The van der Waals surface area contributed by atoms with Crippen LogP contribution in [0.25, 0.3) is 0 Å². The average molecular weight is 530 g/mol. The molecule has 0 bridgehead atoms. The summed E-state index contributed by atoms with van der Waals surface area (Å²) in [6.07, 6.45) is -2.75. The second-order valence-electron chi connectivity index (χ2n) is 9.81. The number of likely N-dealkylation sites (tertiary alicyclic amines) is 1. The van der Waals surface area contributed by atoms with Crippen molar-refractivity contribution >= 4 is 11.8 Å². The Balaban J connectivity index is 1.38. The second-order valence-corrected chi connectivity index (χ2v) is 9.81. The fraction of sp³-hybridized carbons (Fsp3) is 0.407. The van der Waals surface area contributed by atoms with Gasteiger partial charge in [-0.1, -0.05) is 36.4 Å². The molecule has 2 aromatic heterocycles. The van der Waals surface area contributed by atoms with Crippen LogP contribution in [-0.4, -0.2) is 50.2 Å². The number of carbonyl (C=O) groups is 2. The van der Waals surface area contributed by atoms with E-state index in [1.54, 1.807) is 42.5 Å². The van der Waals surface area contributed by atoms with Gasteiger partial charge in [-0.05, 0) is 43.4 Å². The summed E-state index contributed by atoms with van der Waals surface area (Å²) in [6, 6.07) is 11.3. The van der Waals surface area contributed by atoms with Gasteiger partial charge in [-0.2, -0.15) is 9.49 Å². The normalized spacial score (nSPS) is 20.1. The van der Waals surface area contributed by atoms with E-state index >= 15 is 0 Å². The van der Waals surface area contributed by atoms with Crippen LogP contribution in [0.15, 0.2) is 48.5 Å². The van der Waals surface area contributed by atoms with Crippen molar-refractivity contribution in [3.8, 4) is 0 Å². The van der Waals surface area contributed by atoms with E-state index in [9.17, 15) is 27.2 Å². The van der Waals surface area contributed by atoms with Crippen molar-refractivity contribution in [2.24, 2.45) is 0 Å². The van der Waals surface area contributed by atoms with Gasteiger partial charge >= 0.3 is 0 Å². The molecule has 7 nitrogen and oxygen atoms in total. The molecule has 11 heteroatoms. The predicted octanol–water partition coefficient (Wildman–Crippen LogP) is 4.39. The maximum absolute atomic E-state index is 14.8. The minimum Gasteiger partial charge on any atom is -0.342 e. The Morgan fingerprint density at radius 1 is 1.13 bits per heavy atom. The fourth-order valence-corrected chi connectivity index (χ4v) is 4.93. The molecular formula is C27H27F4N5O2. The van der Waals surface area contributed by atoms with Crippen molar-refractivity contribution in [2.75, 3.05) is 6.54 Å². The monoisotopic (exact) mass is 529 g/mol. The number of hydrogen-bond donors (Lipinski definition) is 1. The van der Waals surface area contributed by atoms with Crippen LogP contribution in [0.5, 0.6) is 0 Å². The summed E-state index contributed by atoms with van der Waals surface area (Å²) in [5, 5.41) is 6.76. The third-order valence-electron chi connectivity index (χ3n) is 6.95. The van der Waals surface area contributed by atoms with Crippen LogP contribution in [0.1, 0.15) is 65.9 Å². The molecular weight excluding hydrogens is 502 g/mol. The molecule has 1 aromatic carbocycles. The zero-order chi connectivity index (χ0) is 27.0. The Bertz CT molecular complexity index is 1330. The van der Waals surface area contributed by atoms with Gasteiger partial charge in [0.1, 0.15) is 24.5 Å². The molecule has 1 N–H and O–H groups in total. The lowest BCUT2D eigenvalue weighted by Gasteiger charge is -2.27. The number of nitrogens with zero attached hydrogens (tertiary/aromatic N) is 4. The lowest BCUT2D eigenvalue weighted by molar-refractivity contribution is -0.139. The number of halogens is 4. The molecule has 1 saturated heterocycles. The number of aromatic nitrogens is 3. The number of rotatable bonds is 8.